The second-order valence-corrected chi connectivity index (χ2v) is 5.19. The summed E-state index contributed by atoms with van der Waals surface area (Å²) in [5.74, 6) is 0.0250. The Hall–Kier alpha value is -2.21. The van der Waals surface area contributed by atoms with Crippen molar-refractivity contribution in [3.8, 4) is 11.3 Å². The van der Waals surface area contributed by atoms with Gasteiger partial charge in [0, 0.05) is 38.2 Å². The van der Waals surface area contributed by atoms with E-state index in [1.165, 1.54) is 0 Å². The number of nitrogens with zero attached hydrogens (tertiary/aromatic N) is 3. The first-order chi connectivity index (χ1) is 10.2. The molecule has 0 bridgehead atoms. The zero-order valence-corrected chi connectivity index (χ0v) is 12.0. The summed E-state index contributed by atoms with van der Waals surface area (Å²) in [4.78, 5) is 16.5. The third-order valence-electron chi connectivity index (χ3n) is 3.62. The summed E-state index contributed by atoms with van der Waals surface area (Å²) < 4.78 is 6.98. The van der Waals surface area contributed by atoms with Gasteiger partial charge in [0.15, 0.2) is 0 Å². The summed E-state index contributed by atoms with van der Waals surface area (Å²) in [7, 11) is 1.87. The number of carbonyl (C=O) groups excluding carboxylic acids is 1. The van der Waals surface area contributed by atoms with Crippen LogP contribution in [0.3, 0.4) is 0 Å². The van der Waals surface area contributed by atoms with E-state index in [0.29, 0.717) is 19.8 Å². The zero-order valence-electron chi connectivity index (χ0n) is 12.0. The molecule has 1 N–H and O–H groups in total. The molecule has 21 heavy (non-hydrogen) atoms. The largest absolute Gasteiger partial charge is 0.381 e. The SMILES string of the molecule is Cn1cc(-c2ncccc2CNC(=O)[C@H]2CCOC2)cn1. The van der Waals surface area contributed by atoms with Crippen LogP contribution in [0.25, 0.3) is 11.3 Å². The first-order valence-electron chi connectivity index (χ1n) is 7.02. The third kappa shape index (κ3) is 3.11. The topological polar surface area (TPSA) is 69.0 Å². The summed E-state index contributed by atoms with van der Waals surface area (Å²) >= 11 is 0. The van der Waals surface area contributed by atoms with Crippen molar-refractivity contribution in [2.24, 2.45) is 13.0 Å². The number of hydrogen-bond acceptors (Lipinski definition) is 4. The van der Waals surface area contributed by atoms with E-state index < -0.39 is 0 Å². The highest BCUT2D eigenvalue weighted by Crippen LogP contribution is 2.20. The van der Waals surface area contributed by atoms with Gasteiger partial charge >= 0.3 is 0 Å². The van der Waals surface area contributed by atoms with Crippen molar-refractivity contribution in [3.05, 3.63) is 36.3 Å². The van der Waals surface area contributed by atoms with E-state index in [-0.39, 0.29) is 11.8 Å². The predicted molar refractivity (Wildman–Crippen MR) is 77.2 cm³/mol. The molecule has 110 valence electrons. The van der Waals surface area contributed by atoms with E-state index in [1.807, 2.05) is 25.4 Å². The lowest BCUT2D eigenvalue weighted by Gasteiger charge is -2.11. The minimum absolute atomic E-state index is 0.0245. The van der Waals surface area contributed by atoms with Crippen molar-refractivity contribution in [1.82, 2.24) is 20.1 Å². The van der Waals surface area contributed by atoms with E-state index in [2.05, 4.69) is 15.4 Å². The zero-order chi connectivity index (χ0) is 14.7. The number of rotatable bonds is 4. The van der Waals surface area contributed by atoms with Crippen LogP contribution in [-0.2, 0) is 23.1 Å². The number of aryl methyl sites for hydroxylation is 1. The van der Waals surface area contributed by atoms with Crippen LogP contribution in [0, 0.1) is 5.92 Å². The van der Waals surface area contributed by atoms with Crippen LogP contribution in [0.5, 0.6) is 0 Å². The molecule has 1 aliphatic heterocycles. The fraction of sp³-hybridized carbons (Fsp3) is 0.400. The van der Waals surface area contributed by atoms with E-state index in [9.17, 15) is 4.79 Å². The summed E-state index contributed by atoms with van der Waals surface area (Å²) in [6, 6.07) is 3.85. The second kappa shape index (κ2) is 6.05. The van der Waals surface area contributed by atoms with E-state index >= 15 is 0 Å². The number of amides is 1. The molecule has 0 unspecified atom stereocenters. The second-order valence-electron chi connectivity index (χ2n) is 5.19. The minimum Gasteiger partial charge on any atom is -0.381 e. The van der Waals surface area contributed by atoms with Crippen molar-refractivity contribution in [1.29, 1.82) is 0 Å². The van der Waals surface area contributed by atoms with Gasteiger partial charge in [0.1, 0.15) is 0 Å². The fourth-order valence-electron chi connectivity index (χ4n) is 2.45. The van der Waals surface area contributed by atoms with Gasteiger partial charge in [-0.05, 0) is 18.1 Å². The smallest absolute Gasteiger partial charge is 0.225 e. The summed E-state index contributed by atoms with van der Waals surface area (Å²) in [5, 5.41) is 7.14. The Bertz CT molecular complexity index is 632. The molecule has 1 fully saturated rings. The molecule has 0 spiro atoms. The number of pyridine rings is 1. The number of carbonyl (C=O) groups is 1. The van der Waals surface area contributed by atoms with Crippen molar-refractivity contribution >= 4 is 5.91 Å². The van der Waals surface area contributed by atoms with Gasteiger partial charge in [-0.3, -0.25) is 14.5 Å². The van der Waals surface area contributed by atoms with Gasteiger partial charge in [0.05, 0.1) is 24.4 Å². The molecule has 0 aromatic carbocycles. The average molecular weight is 286 g/mol. The number of nitrogens with one attached hydrogen (secondary N) is 1. The number of aromatic nitrogens is 3. The van der Waals surface area contributed by atoms with Crippen molar-refractivity contribution in [2.75, 3.05) is 13.2 Å². The maximum atomic E-state index is 12.0. The predicted octanol–water partition coefficient (Wildman–Crippen LogP) is 1.13. The van der Waals surface area contributed by atoms with Gasteiger partial charge in [-0.1, -0.05) is 6.07 Å². The summed E-state index contributed by atoms with van der Waals surface area (Å²) in [6.45, 7) is 1.66. The molecule has 1 amide bonds. The molecule has 1 saturated heterocycles. The molecule has 2 aromatic rings. The highest BCUT2D eigenvalue weighted by Gasteiger charge is 2.23. The molecular formula is C15H18N4O2. The van der Waals surface area contributed by atoms with Crippen LogP contribution in [0.2, 0.25) is 0 Å². The Morgan fingerprint density at radius 3 is 3.19 bits per heavy atom. The lowest BCUT2D eigenvalue weighted by atomic mass is 10.1. The summed E-state index contributed by atoms with van der Waals surface area (Å²) in [6.07, 6.45) is 6.24. The molecule has 1 aliphatic rings. The maximum absolute atomic E-state index is 12.0. The van der Waals surface area contributed by atoms with Crippen LogP contribution in [0.4, 0.5) is 0 Å². The molecule has 2 aromatic heterocycles. The van der Waals surface area contributed by atoms with Gasteiger partial charge in [-0.15, -0.1) is 0 Å². The quantitative estimate of drug-likeness (QED) is 0.915. The molecule has 0 aliphatic carbocycles. The summed E-state index contributed by atoms with van der Waals surface area (Å²) in [5.41, 5.74) is 2.79. The van der Waals surface area contributed by atoms with Crippen LogP contribution < -0.4 is 5.32 Å². The van der Waals surface area contributed by atoms with Crippen LogP contribution in [0.15, 0.2) is 30.7 Å². The third-order valence-corrected chi connectivity index (χ3v) is 3.62. The molecule has 0 saturated carbocycles. The number of hydrogen-bond donors (Lipinski definition) is 1. The molecule has 6 nitrogen and oxygen atoms in total. The van der Waals surface area contributed by atoms with Gasteiger partial charge in [-0.2, -0.15) is 5.10 Å². The van der Waals surface area contributed by atoms with Gasteiger partial charge in [-0.25, -0.2) is 0 Å². The van der Waals surface area contributed by atoms with E-state index in [1.54, 1.807) is 17.1 Å². The lowest BCUT2D eigenvalue weighted by molar-refractivity contribution is -0.125. The monoisotopic (exact) mass is 286 g/mol. The highest BCUT2D eigenvalue weighted by molar-refractivity contribution is 5.79. The Kier molecular flexibility index (Phi) is 3.96. The normalized spacial score (nSPS) is 17.9. The molecule has 1 atom stereocenters. The average Bonchev–Trinajstić information content (AvgIpc) is 3.16. The fourth-order valence-corrected chi connectivity index (χ4v) is 2.45. The van der Waals surface area contributed by atoms with Crippen LogP contribution in [0.1, 0.15) is 12.0 Å². The first-order valence-corrected chi connectivity index (χ1v) is 7.02. The molecule has 3 rings (SSSR count). The van der Waals surface area contributed by atoms with E-state index in [4.69, 9.17) is 4.74 Å². The maximum Gasteiger partial charge on any atom is 0.225 e. The highest BCUT2D eigenvalue weighted by atomic mass is 16.5. The molecular weight excluding hydrogens is 268 g/mol. The molecule has 0 radical (unpaired) electrons. The Balaban J connectivity index is 1.72. The standard InChI is InChI=1S/C15H18N4O2/c1-19-9-13(8-18-19)14-11(3-2-5-16-14)7-17-15(20)12-4-6-21-10-12/h2-3,5,8-9,12H,4,6-7,10H2,1H3,(H,17,20)/t12-/m0/s1. The Morgan fingerprint density at radius 1 is 1.57 bits per heavy atom. The Morgan fingerprint density at radius 2 is 2.48 bits per heavy atom. The van der Waals surface area contributed by atoms with Gasteiger partial charge in [0.2, 0.25) is 5.91 Å². The van der Waals surface area contributed by atoms with Crippen LogP contribution >= 0.6 is 0 Å². The van der Waals surface area contributed by atoms with Gasteiger partial charge < -0.3 is 10.1 Å². The van der Waals surface area contributed by atoms with E-state index in [0.717, 1.165) is 23.2 Å². The Labute approximate surface area is 123 Å². The van der Waals surface area contributed by atoms with Crippen molar-refractivity contribution < 1.29 is 9.53 Å². The number of ether oxygens (including phenoxy) is 1. The van der Waals surface area contributed by atoms with Gasteiger partial charge in [0.25, 0.3) is 0 Å². The lowest BCUT2D eigenvalue weighted by Crippen LogP contribution is -2.30. The van der Waals surface area contributed by atoms with Crippen LogP contribution in [-0.4, -0.2) is 33.9 Å². The van der Waals surface area contributed by atoms with Crippen molar-refractivity contribution in [3.63, 3.8) is 0 Å². The van der Waals surface area contributed by atoms with Crippen molar-refractivity contribution in [2.45, 2.75) is 13.0 Å². The molecule has 6 heteroatoms. The molecule has 3 heterocycles. The minimum atomic E-state index is -0.0245. The first kappa shape index (κ1) is 13.8.